The summed E-state index contributed by atoms with van der Waals surface area (Å²) >= 11 is 6.07. The first-order valence-electron chi connectivity index (χ1n) is 5.87. The SMILES string of the molecule is COc1ccc(Cl)cc1C(NN)c1ccncc1C. The van der Waals surface area contributed by atoms with Crippen LogP contribution in [0.3, 0.4) is 0 Å². The molecule has 0 spiro atoms. The highest BCUT2D eigenvalue weighted by atomic mass is 35.5. The Balaban J connectivity index is 2.54. The number of nitrogens with two attached hydrogens (primary N) is 1. The number of hydrogen-bond acceptors (Lipinski definition) is 4. The van der Waals surface area contributed by atoms with Crippen LogP contribution in [0.15, 0.2) is 36.7 Å². The Morgan fingerprint density at radius 3 is 2.74 bits per heavy atom. The van der Waals surface area contributed by atoms with Gasteiger partial charge in [0.2, 0.25) is 0 Å². The molecule has 1 heterocycles. The van der Waals surface area contributed by atoms with Crippen molar-refractivity contribution in [1.29, 1.82) is 0 Å². The minimum atomic E-state index is -0.198. The first-order valence-corrected chi connectivity index (χ1v) is 6.25. The van der Waals surface area contributed by atoms with Crippen LogP contribution >= 0.6 is 11.6 Å². The molecule has 0 saturated carbocycles. The molecular formula is C14H16ClN3O. The minimum Gasteiger partial charge on any atom is -0.496 e. The summed E-state index contributed by atoms with van der Waals surface area (Å²) in [6, 6.07) is 7.21. The maximum absolute atomic E-state index is 6.07. The van der Waals surface area contributed by atoms with Gasteiger partial charge in [0.05, 0.1) is 13.2 Å². The van der Waals surface area contributed by atoms with Gasteiger partial charge in [0.1, 0.15) is 5.75 Å². The van der Waals surface area contributed by atoms with Crippen molar-refractivity contribution in [2.75, 3.05) is 7.11 Å². The van der Waals surface area contributed by atoms with E-state index in [4.69, 9.17) is 22.2 Å². The highest BCUT2D eigenvalue weighted by Crippen LogP contribution is 2.32. The smallest absolute Gasteiger partial charge is 0.124 e. The number of hydrogen-bond donors (Lipinski definition) is 2. The molecule has 0 aliphatic carbocycles. The predicted octanol–water partition coefficient (Wildman–Crippen LogP) is 2.60. The monoisotopic (exact) mass is 277 g/mol. The summed E-state index contributed by atoms with van der Waals surface area (Å²) in [6.45, 7) is 1.99. The number of nitrogens with zero attached hydrogens (tertiary/aromatic N) is 1. The van der Waals surface area contributed by atoms with Crippen LogP contribution in [-0.2, 0) is 0 Å². The second-order valence-corrected chi connectivity index (χ2v) is 4.65. The van der Waals surface area contributed by atoms with Crippen LogP contribution < -0.4 is 16.0 Å². The fourth-order valence-corrected chi connectivity index (χ4v) is 2.27. The number of benzene rings is 1. The summed E-state index contributed by atoms with van der Waals surface area (Å²) in [4.78, 5) is 4.09. The van der Waals surface area contributed by atoms with E-state index in [1.54, 1.807) is 25.6 Å². The Labute approximate surface area is 117 Å². The van der Waals surface area contributed by atoms with Gasteiger partial charge in [-0.05, 0) is 42.3 Å². The minimum absolute atomic E-state index is 0.198. The van der Waals surface area contributed by atoms with Gasteiger partial charge in [0, 0.05) is 23.0 Å². The maximum atomic E-state index is 6.07. The van der Waals surface area contributed by atoms with E-state index < -0.39 is 0 Å². The van der Waals surface area contributed by atoms with E-state index in [0.717, 1.165) is 22.4 Å². The third-order valence-electron chi connectivity index (χ3n) is 3.04. The van der Waals surface area contributed by atoms with Crippen LogP contribution in [0.5, 0.6) is 5.75 Å². The highest BCUT2D eigenvalue weighted by Gasteiger charge is 2.19. The summed E-state index contributed by atoms with van der Waals surface area (Å²) in [6.07, 6.45) is 3.54. The highest BCUT2D eigenvalue weighted by molar-refractivity contribution is 6.30. The quantitative estimate of drug-likeness (QED) is 0.666. The van der Waals surface area contributed by atoms with E-state index >= 15 is 0 Å². The van der Waals surface area contributed by atoms with Gasteiger partial charge in [-0.15, -0.1) is 0 Å². The van der Waals surface area contributed by atoms with Crippen LogP contribution in [-0.4, -0.2) is 12.1 Å². The largest absolute Gasteiger partial charge is 0.496 e. The fraction of sp³-hybridized carbons (Fsp3) is 0.214. The Hall–Kier alpha value is -1.62. The number of hydrazine groups is 1. The average molecular weight is 278 g/mol. The predicted molar refractivity (Wildman–Crippen MR) is 76.1 cm³/mol. The molecule has 0 amide bonds. The lowest BCUT2D eigenvalue weighted by Gasteiger charge is -2.21. The van der Waals surface area contributed by atoms with Crippen LogP contribution in [0, 0.1) is 6.92 Å². The average Bonchev–Trinajstić information content (AvgIpc) is 2.42. The molecular weight excluding hydrogens is 262 g/mol. The molecule has 0 aliphatic heterocycles. The van der Waals surface area contributed by atoms with E-state index in [-0.39, 0.29) is 6.04 Å². The summed E-state index contributed by atoms with van der Waals surface area (Å²) in [5, 5.41) is 0.641. The van der Waals surface area contributed by atoms with Crippen molar-refractivity contribution >= 4 is 11.6 Å². The third-order valence-corrected chi connectivity index (χ3v) is 3.28. The molecule has 0 saturated heterocycles. The van der Waals surface area contributed by atoms with Crippen molar-refractivity contribution in [3.05, 3.63) is 58.4 Å². The van der Waals surface area contributed by atoms with Crippen LogP contribution in [0.25, 0.3) is 0 Å². The first-order chi connectivity index (χ1) is 9.17. The second kappa shape index (κ2) is 6.02. The maximum Gasteiger partial charge on any atom is 0.124 e. The summed E-state index contributed by atoms with van der Waals surface area (Å²) in [5.41, 5.74) is 5.79. The van der Waals surface area contributed by atoms with Gasteiger partial charge in [-0.2, -0.15) is 0 Å². The van der Waals surface area contributed by atoms with Gasteiger partial charge in [-0.1, -0.05) is 11.6 Å². The molecule has 1 aromatic heterocycles. The number of aromatic nitrogens is 1. The van der Waals surface area contributed by atoms with Gasteiger partial charge in [-0.3, -0.25) is 10.8 Å². The van der Waals surface area contributed by atoms with Crippen LogP contribution in [0.2, 0.25) is 5.02 Å². The molecule has 3 N–H and O–H groups in total. The van der Waals surface area contributed by atoms with Crippen molar-refractivity contribution in [2.45, 2.75) is 13.0 Å². The molecule has 1 atom stereocenters. The van der Waals surface area contributed by atoms with Gasteiger partial charge >= 0.3 is 0 Å². The lowest BCUT2D eigenvalue weighted by molar-refractivity contribution is 0.404. The van der Waals surface area contributed by atoms with Gasteiger partial charge in [0.15, 0.2) is 0 Å². The van der Waals surface area contributed by atoms with E-state index in [1.165, 1.54) is 0 Å². The van der Waals surface area contributed by atoms with Crippen molar-refractivity contribution in [1.82, 2.24) is 10.4 Å². The zero-order chi connectivity index (χ0) is 13.8. The standard InChI is InChI=1S/C14H16ClN3O/c1-9-8-17-6-5-11(9)14(18-16)12-7-10(15)3-4-13(12)19-2/h3-8,14,18H,16H2,1-2H3. The molecule has 19 heavy (non-hydrogen) atoms. The second-order valence-electron chi connectivity index (χ2n) is 4.22. The van der Waals surface area contributed by atoms with Crippen LogP contribution in [0.1, 0.15) is 22.7 Å². The Bertz CT molecular complexity index is 574. The molecule has 0 bridgehead atoms. The van der Waals surface area contributed by atoms with E-state index in [2.05, 4.69) is 10.4 Å². The van der Waals surface area contributed by atoms with Crippen molar-refractivity contribution in [3.8, 4) is 5.75 Å². The van der Waals surface area contributed by atoms with Gasteiger partial charge in [-0.25, -0.2) is 5.43 Å². The summed E-state index contributed by atoms with van der Waals surface area (Å²) in [5.74, 6) is 6.45. The molecule has 1 aromatic carbocycles. The molecule has 0 fully saturated rings. The number of ether oxygens (including phenoxy) is 1. The van der Waals surface area contributed by atoms with Gasteiger partial charge < -0.3 is 4.74 Å². The Morgan fingerprint density at radius 2 is 2.11 bits per heavy atom. The molecule has 2 rings (SSSR count). The normalized spacial score (nSPS) is 12.2. The molecule has 4 nitrogen and oxygen atoms in total. The number of aryl methyl sites for hydroxylation is 1. The van der Waals surface area contributed by atoms with Crippen molar-refractivity contribution in [2.24, 2.45) is 5.84 Å². The first kappa shape index (κ1) is 13.8. The van der Waals surface area contributed by atoms with Crippen LogP contribution in [0.4, 0.5) is 0 Å². The summed E-state index contributed by atoms with van der Waals surface area (Å²) < 4.78 is 5.37. The molecule has 1 unspecified atom stereocenters. The van der Waals surface area contributed by atoms with E-state index in [1.807, 2.05) is 25.1 Å². The Morgan fingerprint density at radius 1 is 1.32 bits per heavy atom. The van der Waals surface area contributed by atoms with E-state index in [0.29, 0.717) is 5.02 Å². The molecule has 0 aliphatic rings. The van der Waals surface area contributed by atoms with Crippen molar-refractivity contribution < 1.29 is 4.74 Å². The zero-order valence-electron chi connectivity index (χ0n) is 10.9. The molecule has 5 heteroatoms. The number of nitrogens with one attached hydrogen (secondary N) is 1. The topological polar surface area (TPSA) is 60.2 Å². The van der Waals surface area contributed by atoms with E-state index in [9.17, 15) is 0 Å². The number of methoxy groups -OCH3 is 1. The van der Waals surface area contributed by atoms with Gasteiger partial charge in [0.25, 0.3) is 0 Å². The lowest BCUT2D eigenvalue weighted by Crippen LogP contribution is -2.29. The molecule has 2 aromatic rings. The zero-order valence-corrected chi connectivity index (χ0v) is 11.6. The van der Waals surface area contributed by atoms with Crippen molar-refractivity contribution in [3.63, 3.8) is 0 Å². The number of halogens is 1. The lowest BCUT2D eigenvalue weighted by atomic mass is 9.96. The third kappa shape index (κ3) is 2.87. The molecule has 0 radical (unpaired) electrons. The molecule has 100 valence electrons. The Kier molecular flexibility index (Phi) is 4.37. The summed E-state index contributed by atoms with van der Waals surface area (Å²) in [7, 11) is 1.62. The number of rotatable bonds is 4. The number of pyridine rings is 1. The fourth-order valence-electron chi connectivity index (χ4n) is 2.09.